The Labute approximate surface area is 351 Å². The van der Waals surface area contributed by atoms with Crippen LogP contribution < -0.4 is 0 Å². The smallest absolute Gasteiger partial charge is 0.103 e. The van der Waals surface area contributed by atoms with Crippen LogP contribution in [-0.4, -0.2) is 38.2 Å². The lowest BCUT2D eigenvalue weighted by molar-refractivity contribution is 1.01. The average molecular weight is 793 g/mol. The van der Waals surface area contributed by atoms with E-state index in [1.807, 2.05) is 97.3 Å². The van der Waals surface area contributed by atoms with Crippen LogP contribution in [0.5, 0.6) is 0 Å². The third kappa shape index (κ3) is 4.34. The van der Waals surface area contributed by atoms with Crippen LogP contribution in [0, 0.1) is 22.7 Å². The van der Waals surface area contributed by atoms with Crippen molar-refractivity contribution in [2.45, 2.75) is 0 Å². The van der Waals surface area contributed by atoms with Gasteiger partial charge in [-0.3, -0.25) is 19.9 Å². The van der Waals surface area contributed by atoms with Crippen LogP contribution in [0.4, 0.5) is 0 Å². The first-order chi connectivity index (χ1) is 30.8. The Balaban J connectivity index is 1.41. The SMILES string of the molecule is N#Cc1c(C#N)c(-n2c3ccccc3c3ncccc32)c(-n2c3ccccc3c3ncccc32)c(-n2c3ccccc3c3ncccc32)c1-n1c2ccccc2c2ncccc21. The molecule has 10 heteroatoms. The van der Waals surface area contributed by atoms with E-state index < -0.39 is 0 Å². The van der Waals surface area contributed by atoms with Gasteiger partial charge in [-0.05, 0) is 72.8 Å². The van der Waals surface area contributed by atoms with Crippen molar-refractivity contribution >= 4 is 87.7 Å². The van der Waals surface area contributed by atoms with Gasteiger partial charge < -0.3 is 18.3 Å². The van der Waals surface area contributed by atoms with Gasteiger partial charge >= 0.3 is 0 Å². The second-order valence-corrected chi connectivity index (χ2v) is 15.3. The minimum absolute atomic E-state index is 0.205. The maximum absolute atomic E-state index is 11.8. The summed E-state index contributed by atoms with van der Waals surface area (Å²) in [7, 11) is 0. The van der Waals surface area contributed by atoms with E-state index in [9.17, 15) is 10.5 Å². The second-order valence-electron chi connectivity index (χ2n) is 15.3. The summed E-state index contributed by atoms with van der Waals surface area (Å²) in [6, 6.07) is 53.9. The zero-order chi connectivity index (χ0) is 41.1. The largest absolute Gasteiger partial charge is 0.304 e. The minimum Gasteiger partial charge on any atom is -0.304 e. The van der Waals surface area contributed by atoms with Gasteiger partial charge in [0.2, 0.25) is 0 Å². The summed E-state index contributed by atoms with van der Waals surface area (Å²) in [5.41, 5.74) is 12.6. The molecule has 0 amide bonds. The monoisotopic (exact) mass is 792 g/mol. The Morgan fingerprint density at radius 3 is 0.806 bits per heavy atom. The molecule has 10 nitrogen and oxygen atoms in total. The zero-order valence-corrected chi connectivity index (χ0v) is 32.6. The molecule has 0 fully saturated rings. The highest BCUT2D eigenvalue weighted by molar-refractivity contribution is 6.14. The Morgan fingerprint density at radius 2 is 0.532 bits per heavy atom. The van der Waals surface area contributed by atoms with Gasteiger partial charge in [0.15, 0.2) is 0 Å². The number of hydrogen-bond acceptors (Lipinski definition) is 6. The summed E-state index contributed by atoms with van der Waals surface area (Å²) in [5, 5.41) is 27.4. The Morgan fingerprint density at radius 1 is 0.290 bits per heavy atom. The summed E-state index contributed by atoms with van der Waals surface area (Å²) >= 11 is 0. The zero-order valence-electron chi connectivity index (χ0n) is 32.6. The summed E-state index contributed by atoms with van der Waals surface area (Å²) in [5.74, 6) is 0. The van der Waals surface area contributed by atoms with E-state index in [0.717, 1.165) is 87.7 Å². The van der Waals surface area contributed by atoms with E-state index in [-0.39, 0.29) is 11.1 Å². The highest BCUT2D eigenvalue weighted by atomic mass is 15.2. The van der Waals surface area contributed by atoms with Crippen LogP contribution in [0.1, 0.15) is 11.1 Å². The lowest BCUT2D eigenvalue weighted by atomic mass is 9.98. The molecule has 0 aliphatic rings. The van der Waals surface area contributed by atoms with Crippen molar-refractivity contribution < 1.29 is 0 Å². The van der Waals surface area contributed by atoms with Gasteiger partial charge in [0.25, 0.3) is 0 Å². The number of nitrogens with zero attached hydrogens (tertiary/aromatic N) is 10. The molecule has 0 unspecified atom stereocenters. The van der Waals surface area contributed by atoms with Gasteiger partial charge in [-0.2, -0.15) is 10.5 Å². The number of aromatic nitrogens is 8. The van der Waals surface area contributed by atoms with Crippen molar-refractivity contribution in [1.29, 1.82) is 10.5 Å². The highest BCUT2D eigenvalue weighted by Crippen LogP contribution is 2.48. The molecule has 13 rings (SSSR count). The lowest BCUT2D eigenvalue weighted by Gasteiger charge is -2.27. The van der Waals surface area contributed by atoms with Crippen LogP contribution in [0.15, 0.2) is 170 Å². The van der Waals surface area contributed by atoms with Crippen LogP contribution >= 0.6 is 0 Å². The molecule has 8 aromatic heterocycles. The molecule has 62 heavy (non-hydrogen) atoms. The van der Waals surface area contributed by atoms with Crippen molar-refractivity contribution in [1.82, 2.24) is 38.2 Å². The first-order valence-electron chi connectivity index (χ1n) is 20.2. The molecular formula is C52H28N10. The third-order valence-corrected chi connectivity index (χ3v) is 12.2. The molecule has 0 saturated carbocycles. The summed E-state index contributed by atoms with van der Waals surface area (Å²) in [6.07, 6.45) is 7.21. The normalized spacial score (nSPS) is 11.8. The summed E-state index contributed by atoms with van der Waals surface area (Å²) in [4.78, 5) is 19.8. The van der Waals surface area contributed by atoms with E-state index in [4.69, 9.17) is 19.9 Å². The first kappa shape index (κ1) is 33.8. The van der Waals surface area contributed by atoms with E-state index in [0.29, 0.717) is 22.7 Å². The van der Waals surface area contributed by atoms with E-state index in [1.165, 1.54) is 0 Å². The molecule has 13 aromatic rings. The Hall–Kier alpha value is -9.12. The molecule has 8 heterocycles. The molecule has 0 aliphatic carbocycles. The molecule has 286 valence electrons. The fourth-order valence-electron chi connectivity index (χ4n) is 9.87. The van der Waals surface area contributed by atoms with E-state index >= 15 is 0 Å². The molecule has 0 radical (unpaired) electrons. The van der Waals surface area contributed by atoms with Gasteiger partial charge in [-0.25, -0.2) is 0 Å². The van der Waals surface area contributed by atoms with Gasteiger partial charge in [-0.15, -0.1) is 0 Å². The fourth-order valence-corrected chi connectivity index (χ4v) is 9.87. The fraction of sp³-hybridized carbons (Fsp3) is 0. The molecule has 5 aromatic carbocycles. The lowest BCUT2D eigenvalue weighted by Crippen LogP contribution is -2.17. The summed E-state index contributed by atoms with van der Waals surface area (Å²) in [6.45, 7) is 0. The van der Waals surface area contributed by atoms with E-state index in [2.05, 4.69) is 91.1 Å². The van der Waals surface area contributed by atoms with Gasteiger partial charge in [0.05, 0.1) is 100 Å². The van der Waals surface area contributed by atoms with Crippen molar-refractivity contribution in [3.8, 4) is 34.9 Å². The molecule has 0 spiro atoms. The third-order valence-electron chi connectivity index (χ3n) is 12.2. The number of nitriles is 2. The number of benzene rings is 5. The van der Waals surface area contributed by atoms with Crippen molar-refractivity contribution in [2.75, 3.05) is 0 Å². The number of rotatable bonds is 4. The standard InChI is InChI=1S/C52H28N10/c53-29-35-36(30-54)50(60-38-18-6-2-14-32(38)46-42(60)22-10-26-56-46)52(62-40-20-8-4-16-34(40)48-44(62)24-12-28-58-48)51(61-39-19-7-3-15-33(39)47-43(61)23-11-27-57-47)49(35)59-37-17-5-1-13-31(37)45-41(59)21-9-25-55-45/h1-28H. The molecule has 0 bridgehead atoms. The van der Waals surface area contributed by atoms with Crippen LogP contribution in [0.2, 0.25) is 0 Å². The summed E-state index contributed by atoms with van der Waals surface area (Å²) < 4.78 is 8.70. The maximum Gasteiger partial charge on any atom is 0.103 e. The average Bonchev–Trinajstić information content (AvgIpc) is 4.06. The molecule has 0 atom stereocenters. The maximum atomic E-state index is 11.8. The Kier molecular flexibility index (Phi) is 6.92. The van der Waals surface area contributed by atoms with Gasteiger partial charge in [0, 0.05) is 46.3 Å². The van der Waals surface area contributed by atoms with Crippen molar-refractivity contribution in [3.63, 3.8) is 0 Å². The van der Waals surface area contributed by atoms with Crippen LogP contribution in [-0.2, 0) is 0 Å². The molecular weight excluding hydrogens is 765 g/mol. The van der Waals surface area contributed by atoms with Crippen molar-refractivity contribution in [3.05, 3.63) is 182 Å². The number of pyridine rings is 4. The van der Waals surface area contributed by atoms with Gasteiger partial charge in [0.1, 0.15) is 12.1 Å². The molecule has 0 N–H and O–H groups in total. The van der Waals surface area contributed by atoms with Crippen LogP contribution in [0.3, 0.4) is 0 Å². The predicted octanol–water partition coefficient (Wildman–Crippen LogP) is 11.4. The van der Waals surface area contributed by atoms with Gasteiger partial charge in [-0.1, -0.05) is 72.8 Å². The number of hydrogen-bond donors (Lipinski definition) is 0. The second kappa shape index (κ2) is 12.7. The highest BCUT2D eigenvalue weighted by Gasteiger charge is 2.35. The molecule has 0 saturated heterocycles. The molecule has 0 aliphatic heterocycles. The minimum atomic E-state index is 0.205. The van der Waals surface area contributed by atoms with Crippen LogP contribution in [0.25, 0.3) is 110 Å². The predicted molar refractivity (Wildman–Crippen MR) is 244 cm³/mol. The topological polar surface area (TPSA) is 119 Å². The number of fused-ring (bicyclic) bond motifs is 12. The quantitative estimate of drug-likeness (QED) is 0.175. The van der Waals surface area contributed by atoms with E-state index in [1.54, 1.807) is 12.4 Å². The Bertz CT molecular complexity index is 3670. The first-order valence-corrected chi connectivity index (χ1v) is 20.2. The van der Waals surface area contributed by atoms with Crippen molar-refractivity contribution in [2.24, 2.45) is 0 Å². The number of para-hydroxylation sites is 4.